The van der Waals surface area contributed by atoms with E-state index in [2.05, 4.69) is 15.1 Å². The fourth-order valence-electron chi connectivity index (χ4n) is 2.58. The Bertz CT molecular complexity index is 1140. The Morgan fingerprint density at radius 2 is 2.04 bits per heavy atom. The van der Waals surface area contributed by atoms with Gasteiger partial charge in [0.1, 0.15) is 17.1 Å². The van der Waals surface area contributed by atoms with E-state index in [1.165, 1.54) is 28.5 Å². The van der Waals surface area contributed by atoms with Gasteiger partial charge in [-0.1, -0.05) is 42.1 Å². The number of rotatable bonds is 4. The summed E-state index contributed by atoms with van der Waals surface area (Å²) in [7, 11) is 0. The first kappa shape index (κ1) is 16.3. The van der Waals surface area contributed by atoms with Gasteiger partial charge in [-0.05, 0) is 18.6 Å². The number of aromatic hydroxyl groups is 1. The Morgan fingerprint density at radius 3 is 2.81 bits per heavy atom. The van der Waals surface area contributed by atoms with E-state index in [4.69, 9.17) is 4.42 Å². The van der Waals surface area contributed by atoms with Crippen LogP contribution in [0.25, 0.3) is 17.0 Å². The zero-order valence-corrected chi connectivity index (χ0v) is 14.6. The van der Waals surface area contributed by atoms with Gasteiger partial charge in [-0.3, -0.25) is 0 Å². The zero-order chi connectivity index (χ0) is 18.1. The first-order valence-corrected chi connectivity index (χ1v) is 8.83. The zero-order valence-electron chi connectivity index (χ0n) is 13.8. The number of nitrogens with zero attached hydrogens (tertiary/aromatic N) is 4. The van der Waals surface area contributed by atoms with E-state index >= 15 is 0 Å². The number of hydrogen-bond acceptors (Lipinski definition) is 7. The molecular formula is C18H14N4O3S. The standard InChI is InChI=1S/C18H14N4O3S/c1-11-9-14(23)15(16(24)25-11)13-7-8-19-17-20-18(21-22(13)17)26-10-12-5-3-2-4-6-12/h2-9,23H,10H2,1H3. The van der Waals surface area contributed by atoms with Gasteiger partial charge in [-0.25, -0.2) is 9.78 Å². The predicted octanol–water partition coefficient (Wildman–Crippen LogP) is 3.05. The van der Waals surface area contributed by atoms with Gasteiger partial charge in [0.15, 0.2) is 0 Å². The summed E-state index contributed by atoms with van der Waals surface area (Å²) in [5, 5.41) is 15.2. The highest BCUT2D eigenvalue weighted by molar-refractivity contribution is 7.98. The Balaban J connectivity index is 1.74. The molecule has 0 radical (unpaired) electrons. The number of aryl methyl sites for hydroxylation is 1. The van der Waals surface area contributed by atoms with Crippen molar-refractivity contribution in [2.75, 3.05) is 0 Å². The van der Waals surface area contributed by atoms with Gasteiger partial charge in [-0.2, -0.15) is 9.50 Å². The van der Waals surface area contributed by atoms with Crippen molar-refractivity contribution in [3.8, 4) is 17.0 Å². The lowest BCUT2D eigenvalue weighted by atomic mass is 10.2. The van der Waals surface area contributed by atoms with Crippen molar-refractivity contribution in [3.05, 3.63) is 70.4 Å². The molecule has 1 aromatic carbocycles. The molecule has 0 aliphatic rings. The highest BCUT2D eigenvalue weighted by atomic mass is 32.2. The second-order valence-corrected chi connectivity index (χ2v) is 6.56. The molecule has 7 nitrogen and oxygen atoms in total. The number of hydrogen-bond donors (Lipinski definition) is 1. The van der Waals surface area contributed by atoms with Crippen molar-refractivity contribution in [3.63, 3.8) is 0 Å². The SMILES string of the molecule is Cc1cc(O)c(-c2ccnc3nc(SCc4ccccc4)nn23)c(=O)o1. The summed E-state index contributed by atoms with van der Waals surface area (Å²) in [6, 6.07) is 13.0. The number of thioether (sulfide) groups is 1. The summed E-state index contributed by atoms with van der Waals surface area (Å²) < 4.78 is 6.54. The van der Waals surface area contributed by atoms with Gasteiger partial charge in [0, 0.05) is 18.0 Å². The molecule has 0 fully saturated rings. The van der Waals surface area contributed by atoms with Crippen LogP contribution in [0.4, 0.5) is 0 Å². The molecule has 3 heterocycles. The fourth-order valence-corrected chi connectivity index (χ4v) is 3.35. The highest BCUT2D eigenvalue weighted by Crippen LogP contribution is 2.27. The third-order valence-electron chi connectivity index (χ3n) is 3.74. The molecule has 0 spiro atoms. The number of benzene rings is 1. The highest BCUT2D eigenvalue weighted by Gasteiger charge is 2.18. The average Bonchev–Trinajstić information content (AvgIpc) is 3.04. The lowest BCUT2D eigenvalue weighted by Crippen LogP contribution is -2.08. The van der Waals surface area contributed by atoms with Crippen LogP contribution in [0.1, 0.15) is 11.3 Å². The lowest BCUT2D eigenvalue weighted by Gasteiger charge is -2.05. The van der Waals surface area contributed by atoms with E-state index in [1.54, 1.807) is 13.0 Å². The Labute approximate surface area is 152 Å². The first-order chi connectivity index (χ1) is 12.6. The minimum atomic E-state index is -0.635. The monoisotopic (exact) mass is 366 g/mol. The van der Waals surface area contributed by atoms with Crippen molar-refractivity contribution in [1.82, 2.24) is 19.6 Å². The summed E-state index contributed by atoms with van der Waals surface area (Å²) in [5.41, 5.74) is 0.929. The molecule has 0 aliphatic heterocycles. The maximum atomic E-state index is 12.2. The van der Waals surface area contributed by atoms with Gasteiger partial charge in [-0.15, -0.1) is 5.10 Å². The number of aromatic nitrogens is 4. The first-order valence-electron chi connectivity index (χ1n) is 7.84. The molecule has 0 amide bonds. The lowest BCUT2D eigenvalue weighted by molar-refractivity contribution is 0.437. The van der Waals surface area contributed by atoms with Crippen LogP contribution >= 0.6 is 11.8 Å². The van der Waals surface area contributed by atoms with Gasteiger partial charge in [0.2, 0.25) is 5.16 Å². The van der Waals surface area contributed by atoms with E-state index in [-0.39, 0.29) is 11.3 Å². The molecule has 0 aliphatic carbocycles. The molecule has 4 aromatic rings. The second kappa shape index (κ2) is 6.64. The van der Waals surface area contributed by atoms with Crippen molar-refractivity contribution in [2.45, 2.75) is 17.8 Å². The molecule has 26 heavy (non-hydrogen) atoms. The third kappa shape index (κ3) is 3.06. The molecule has 130 valence electrons. The quantitative estimate of drug-likeness (QED) is 0.555. The molecule has 0 bridgehead atoms. The van der Waals surface area contributed by atoms with Crippen LogP contribution in [0.3, 0.4) is 0 Å². The number of fused-ring (bicyclic) bond motifs is 1. The van der Waals surface area contributed by atoms with Crippen LogP contribution in [0.5, 0.6) is 5.75 Å². The largest absolute Gasteiger partial charge is 0.507 e. The summed E-state index contributed by atoms with van der Waals surface area (Å²) in [6.07, 6.45) is 1.52. The molecule has 8 heteroatoms. The van der Waals surface area contributed by atoms with Gasteiger partial charge < -0.3 is 9.52 Å². The molecule has 0 saturated carbocycles. The molecular weight excluding hydrogens is 352 g/mol. The maximum Gasteiger partial charge on any atom is 0.349 e. The van der Waals surface area contributed by atoms with Crippen LogP contribution in [-0.4, -0.2) is 24.7 Å². The topological polar surface area (TPSA) is 93.5 Å². The molecule has 4 rings (SSSR count). The van der Waals surface area contributed by atoms with Crippen molar-refractivity contribution >= 4 is 17.5 Å². The normalized spacial score (nSPS) is 11.1. The van der Waals surface area contributed by atoms with E-state index in [9.17, 15) is 9.90 Å². The van der Waals surface area contributed by atoms with Crippen LogP contribution in [-0.2, 0) is 5.75 Å². The maximum absolute atomic E-state index is 12.2. The summed E-state index contributed by atoms with van der Waals surface area (Å²) in [5.74, 6) is 1.22. The van der Waals surface area contributed by atoms with Gasteiger partial charge >= 0.3 is 5.63 Å². The predicted molar refractivity (Wildman–Crippen MR) is 97.2 cm³/mol. The van der Waals surface area contributed by atoms with E-state index in [1.807, 2.05) is 30.3 Å². The molecule has 0 atom stereocenters. The Kier molecular flexibility index (Phi) is 4.18. The van der Waals surface area contributed by atoms with E-state index in [0.29, 0.717) is 28.1 Å². The van der Waals surface area contributed by atoms with Crippen molar-refractivity contribution < 1.29 is 9.52 Å². The van der Waals surface area contributed by atoms with Crippen molar-refractivity contribution in [2.24, 2.45) is 0 Å². The Morgan fingerprint density at radius 1 is 1.23 bits per heavy atom. The summed E-state index contributed by atoms with van der Waals surface area (Å²) in [6.45, 7) is 1.60. The Hall–Kier alpha value is -3.13. The smallest absolute Gasteiger partial charge is 0.349 e. The molecule has 0 saturated heterocycles. The summed E-state index contributed by atoms with van der Waals surface area (Å²) >= 11 is 1.47. The molecule has 3 aromatic heterocycles. The van der Waals surface area contributed by atoms with Crippen LogP contribution in [0.15, 0.2) is 63.0 Å². The third-order valence-corrected chi connectivity index (χ3v) is 4.65. The van der Waals surface area contributed by atoms with Crippen LogP contribution in [0.2, 0.25) is 0 Å². The van der Waals surface area contributed by atoms with E-state index in [0.717, 1.165) is 5.56 Å². The summed E-state index contributed by atoms with van der Waals surface area (Å²) in [4.78, 5) is 20.8. The van der Waals surface area contributed by atoms with Crippen LogP contribution in [0, 0.1) is 6.92 Å². The molecule has 0 unspecified atom stereocenters. The average molecular weight is 366 g/mol. The van der Waals surface area contributed by atoms with Gasteiger partial charge in [0.25, 0.3) is 5.78 Å². The minimum absolute atomic E-state index is 0.0347. The molecule has 1 N–H and O–H groups in total. The van der Waals surface area contributed by atoms with E-state index < -0.39 is 5.63 Å². The fraction of sp³-hybridized carbons (Fsp3) is 0.111. The van der Waals surface area contributed by atoms with Crippen LogP contribution < -0.4 is 5.63 Å². The second-order valence-electron chi connectivity index (χ2n) is 5.62. The minimum Gasteiger partial charge on any atom is -0.507 e. The van der Waals surface area contributed by atoms with Crippen molar-refractivity contribution in [1.29, 1.82) is 0 Å². The van der Waals surface area contributed by atoms with Gasteiger partial charge in [0.05, 0.1) is 5.69 Å².